The van der Waals surface area contributed by atoms with Gasteiger partial charge in [0.1, 0.15) is 6.61 Å². The molecule has 1 N–H and O–H groups in total. The highest BCUT2D eigenvalue weighted by atomic mass is 16.6. The van der Waals surface area contributed by atoms with Crippen molar-refractivity contribution < 1.29 is 14.7 Å². The van der Waals surface area contributed by atoms with Crippen molar-refractivity contribution in [2.45, 2.75) is 45.4 Å². The Morgan fingerprint density at radius 2 is 1.75 bits per heavy atom. The number of unbranched alkanes of at least 4 members (excludes halogenated alkanes) is 5. The maximum absolute atomic E-state index is 10.7. The molecule has 5 heteroatoms. The standard InChI is InChI=1S/C15H22N2O3/c1-2-3-4-5-6-7-12-20-17-16-14-10-8-13(9-11-14)15(18)19/h8-11H,2-7,12H2,1H3,(H,18,19). The third-order valence-electron chi connectivity index (χ3n) is 2.92. The maximum Gasteiger partial charge on any atom is 0.335 e. The monoisotopic (exact) mass is 278 g/mol. The van der Waals surface area contributed by atoms with E-state index in [-0.39, 0.29) is 5.56 Å². The Labute approximate surface area is 119 Å². The minimum absolute atomic E-state index is 0.233. The van der Waals surface area contributed by atoms with Crippen LogP contribution in [0.1, 0.15) is 55.8 Å². The molecule has 110 valence electrons. The number of carbonyl (C=O) groups is 1. The van der Waals surface area contributed by atoms with Gasteiger partial charge < -0.3 is 9.94 Å². The topological polar surface area (TPSA) is 71.2 Å². The number of nitrogens with zero attached hydrogens (tertiary/aromatic N) is 2. The fourth-order valence-electron chi connectivity index (χ4n) is 1.73. The summed E-state index contributed by atoms with van der Waals surface area (Å²) >= 11 is 0. The summed E-state index contributed by atoms with van der Waals surface area (Å²) in [5.41, 5.74) is 0.815. The fourth-order valence-corrected chi connectivity index (χ4v) is 1.73. The Kier molecular flexibility index (Phi) is 8.03. The molecule has 1 rings (SSSR count). The number of rotatable bonds is 10. The molecule has 0 saturated heterocycles. The summed E-state index contributed by atoms with van der Waals surface area (Å²) in [7, 11) is 0. The van der Waals surface area contributed by atoms with Crippen molar-refractivity contribution in [1.82, 2.24) is 0 Å². The van der Waals surface area contributed by atoms with Crippen molar-refractivity contribution in [2.75, 3.05) is 6.61 Å². The number of carboxylic acid groups (broad SMARTS) is 1. The normalized spacial score (nSPS) is 10.8. The van der Waals surface area contributed by atoms with Gasteiger partial charge in [-0.3, -0.25) is 0 Å². The smallest absolute Gasteiger partial charge is 0.335 e. The van der Waals surface area contributed by atoms with E-state index in [0.717, 1.165) is 12.8 Å². The first-order valence-electron chi connectivity index (χ1n) is 7.10. The highest BCUT2D eigenvalue weighted by molar-refractivity contribution is 5.87. The molecule has 0 aliphatic carbocycles. The SMILES string of the molecule is CCCCCCCCON=Nc1ccc(C(=O)O)cc1. The number of aromatic carboxylic acids is 1. The summed E-state index contributed by atoms with van der Waals surface area (Å²) in [5, 5.41) is 16.2. The molecule has 0 aliphatic rings. The van der Waals surface area contributed by atoms with Crippen LogP contribution in [0.4, 0.5) is 5.69 Å². The minimum Gasteiger partial charge on any atom is -0.478 e. The number of carboxylic acids is 1. The minimum atomic E-state index is -0.951. The zero-order valence-electron chi connectivity index (χ0n) is 11.9. The van der Waals surface area contributed by atoms with Gasteiger partial charge in [0.05, 0.1) is 11.3 Å². The maximum atomic E-state index is 10.7. The first kappa shape index (κ1) is 16.1. The lowest BCUT2D eigenvalue weighted by atomic mass is 10.1. The highest BCUT2D eigenvalue weighted by Gasteiger charge is 2.00. The van der Waals surface area contributed by atoms with Crippen LogP contribution in [0.15, 0.2) is 34.7 Å². The van der Waals surface area contributed by atoms with E-state index in [0.29, 0.717) is 12.3 Å². The molecule has 0 amide bonds. The van der Waals surface area contributed by atoms with Gasteiger partial charge in [-0.15, -0.1) is 5.11 Å². The molecular formula is C15H22N2O3. The van der Waals surface area contributed by atoms with Gasteiger partial charge in [-0.1, -0.05) is 32.6 Å². The molecule has 20 heavy (non-hydrogen) atoms. The summed E-state index contributed by atoms with van der Waals surface area (Å²) in [6, 6.07) is 6.18. The van der Waals surface area contributed by atoms with E-state index in [4.69, 9.17) is 9.94 Å². The van der Waals surface area contributed by atoms with E-state index in [2.05, 4.69) is 17.3 Å². The average molecular weight is 278 g/mol. The summed E-state index contributed by atoms with van der Waals surface area (Å²) in [5.74, 6) is -0.951. The van der Waals surface area contributed by atoms with Crippen LogP contribution in [-0.4, -0.2) is 17.7 Å². The van der Waals surface area contributed by atoms with E-state index in [9.17, 15) is 4.79 Å². The molecule has 0 spiro atoms. The van der Waals surface area contributed by atoms with E-state index in [1.165, 1.54) is 37.8 Å². The van der Waals surface area contributed by atoms with E-state index in [1.807, 2.05) is 0 Å². The summed E-state index contributed by atoms with van der Waals surface area (Å²) in [4.78, 5) is 15.7. The lowest BCUT2D eigenvalue weighted by molar-refractivity contribution is 0.0697. The Balaban J connectivity index is 2.13. The van der Waals surface area contributed by atoms with Crippen LogP contribution < -0.4 is 0 Å². The number of hydrogen-bond acceptors (Lipinski definition) is 4. The molecule has 0 fully saturated rings. The number of benzene rings is 1. The van der Waals surface area contributed by atoms with Crippen molar-refractivity contribution >= 4 is 11.7 Å². The van der Waals surface area contributed by atoms with Crippen LogP contribution in [-0.2, 0) is 4.84 Å². The molecule has 1 aromatic carbocycles. The van der Waals surface area contributed by atoms with Crippen molar-refractivity contribution in [3.05, 3.63) is 29.8 Å². The van der Waals surface area contributed by atoms with Gasteiger partial charge >= 0.3 is 5.97 Å². The van der Waals surface area contributed by atoms with Crippen LogP contribution in [0.2, 0.25) is 0 Å². The lowest BCUT2D eigenvalue weighted by Crippen LogP contribution is -1.94. The van der Waals surface area contributed by atoms with Crippen LogP contribution in [0.25, 0.3) is 0 Å². The lowest BCUT2D eigenvalue weighted by Gasteiger charge is -1.99. The second-order valence-corrected chi connectivity index (χ2v) is 4.63. The Morgan fingerprint density at radius 1 is 1.10 bits per heavy atom. The molecule has 0 aliphatic heterocycles. The molecule has 0 atom stereocenters. The average Bonchev–Trinajstić information content (AvgIpc) is 2.46. The van der Waals surface area contributed by atoms with Gasteiger partial charge in [0.2, 0.25) is 0 Å². The van der Waals surface area contributed by atoms with Crippen molar-refractivity contribution in [3.8, 4) is 0 Å². The fraction of sp³-hybridized carbons (Fsp3) is 0.533. The Hall–Kier alpha value is -1.91. The molecule has 1 aromatic rings. The van der Waals surface area contributed by atoms with Crippen LogP contribution in [0.5, 0.6) is 0 Å². The first-order chi connectivity index (χ1) is 9.74. The van der Waals surface area contributed by atoms with Gasteiger partial charge in [-0.2, -0.15) is 0 Å². The van der Waals surface area contributed by atoms with Crippen LogP contribution in [0, 0.1) is 0 Å². The molecule has 0 heterocycles. The zero-order chi connectivity index (χ0) is 14.6. The molecule has 0 aromatic heterocycles. The Bertz CT molecular complexity index is 416. The Morgan fingerprint density at radius 3 is 2.40 bits per heavy atom. The molecule has 0 bridgehead atoms. The molecule has 0 unspecified atom stereocenters. The third-order valence-corrected chi connectivity index (χ3v) is 2.92. The van der Waals surface area contributed by atoms with Gasteiger partial charge in [0, 0.05) is 5.28 Å². The van der Waals surface area contributed by atoms with Gasteiger partial charge in [-0.05, 0) is 37.1 Å². The largest absolute Gasteiger partial charge is 0.478 e. The van der Waals surface area contributed by atoms with E-state index >= 15 is 0 Å². The van der Waals surface area contributed by atoms with Crippen molar-refractivity contribution in [1.29, 1.82) is 0 Å². The predicted molar refractivity (Wildman–Crippen MR) is 77.2 cm³/mol. The first-order valence-corrected chi connectivity index (χ1v) is 7.10. The molecule has 0 radical (unpaired) electrons. The quantitative estimate of drug-likeness (QED) is 0.381. The molecule has 5 nitrogen and oxygen atoms in total. The molecular weight excluding hydrogens is 256 g/mol. The second kappa shape index (κ2) is 9.95. The summed E-state index contributed by atoms with van der Waals surface area (Å²) in [6.45, 7) is 2.77. The third kappa shape index (κ3) is 6.87. The number of hydrogen-bond donors (Lipinski definition) is 1. The summed E-state index contributed by atoms with van der Waals surface area (Å²) in [6.07, 6.45) is 7.22. The van der Waals surface area contributed by atoms with Crippen LogP contribution >= 0.6 is 0 Å². The van der Waals surface area contributed by atoms with Crippen molar-refractivity contribution in [3.63, 3.8) is 0 Å². The van der Waals surface area contributed by atoms with Crippen molar-refractivity contribution in [2.24, 2.45) is 10.4 Å². The molecule has 0 saturated carbocycles. The predicted octanol–water partition coefficient (Wildman–Crippen LogP) is 4.76. The zero-order valence-corrected chi connectivity index (χ0v) is 11.9. The summed E-state index contributed by atoms with van der Waals surface area (Å²) < 4.78 is 0. The second-order valence-electron chi connectivity index (χ2n) is 4.63. The van der Waals surface area contributed by atoms with Crippen LogP contribution in [0.3, 0.4) is 0 Å². The van der Waals surface area contributed by atoms with E-state index in [1.54, 1.807) is 12.1 Å². The highest BCUT2D eigenvalue weighted by Crippen LogP contribution is 2.13. The van der Waals surface area contributed by atoms with Gasteiger partial charge in [-0.25, -0.2) is 4.79 Å². The van der Waals surface area contributed by atoms with Gasteiger partial charge in [0.25, 0.3) is 0 Å². The van der Waals surface area contributed by atoms with E-state index < -0.39 is 5.97 Å². The van der Waals surface area contributed by atoms with Gasteiger partial charge in [0.15, 0.2) is 0 Å².